The minimum atomic E-state index is -0.329. The van der Waals surface area contributed by atoms with Crippen molar-refractivity contribution in [2.75, 3.05) is 0 Å². The molecule has 3 rings (SSSR count). The molecule has 0 unspecified atom stereocenters. The molecule has 0 aromatic heterocycles. The highest BCUT2D eigenvalue weighted by molar-refractivity contribution is 5.98. The largest absolute Gasteiger partial charge is 0.278 e. The van der Waals surface area contributed by atoms with Gasteiger partial charge in [0.25, 0.3) is 0 Å². The third kappa shape index (κ3) is 3.06. The second-order valence-corrected chi connectivity index (χ2v) is 5.52. The van der Waals surface area contributed by atoms with Crippen LogP contribution in [-0.4, -0.2) is 16.7 Å². The Bertz CT molecular complexity index is 664. The molecule has 0 aliphatic carbocycles. The molecule has 4 heteroatoms. The number of rotatable bonds is 3. The number of carbonyl (C=O) groups is 2. The summed E-state index contributed by atoms with van der Waals surface area (Å²) in [5.74, 6) is -0.723. The molecule has 1 saturated heterocycles. The molecule has 2 aromatic carbocycles. The van der Waals surface area contributed by atoms with Crippen molar-refractivity contribution >= 4 is 11.8 Å². The zero-order chi connectivity index (χ0) is 15.5. The second kappa shape index (κ2) is 6.10. The van der Waals surface area contributed by atoms with Gasteiger partial charge in [-0.25, -0.2) is 4.39 Å². The van der Waals surface area contributed by atoms with E-state index in [9.17, 15) is 14.0 Å². The first-order valence-corrected chi connectivity index (χ1v) is 7.26. The first kappa shape index (κ1) is 14.4. The van der Waals surface area contributed by atoms with Crippen LogP contribution >= 0.6 is 0 Å². The van der Waals surface area contributed by atoms with Gasteiger partial charge in [-0.05, 0) is 23.3 Å². The molecule has 22 heavy (non-hydrogen) atoms. The summed E-state index contributed by atoms with van der Waals surface area (Å²) in [6, 6.07) is 15.5. The maximum atomic E-state index is 12.9. The fourth-order valence-electron chi connectivity index (χ4n) is 2.76. The lowest BCUT2D eigenvalue weighted by atomic mass is 9.88. The Balaban J connectivity index is 1.72. The molecule has 2 aromatic rings. The quantitative estimate of drug-likeness (QED) is 0.815. The molecule has 0 N–H and O–H groups in total. The van der Waals surface area contributed by atoms with E-state index in [0.717, 1.165) is 11.1 Å². The molecule has 0 spiro atoms. The Labute approximate surface area is 128 Å². The zero-order valence-electron chi connectivity index (χ0n) is 12.0. The average Bonchev–Trinajstić information content (AvgIpc) is 2.53. The first-order valence-electron chi connectivity index (χ1n) is 7.26. The number of benzene rings is 2. The van der Waals surface area contributed by atoms with Crippen LogP contribution in [0.5, 0.6) is 0 Å². The molecule has 112 valence electrons. The van der Waals surface area contributed by atoms with Crippen molar-refractivity contribution in [1.29, 1.82) is 0 Å². The maximum absolute atomic E-state index is 12.9. The predicted molar refractivity (Wildman–Crippen MR) is 80.4 cm³/mol. The van der Waals surface area contributed by atoms with Crippen molar-refractivity contribution in [2.24, 2.45) is 0 Å². The molecule has 3 nitrogen and oxygen atoms in total. The number of nitrogens with zero attached hydrogens (tertiary/aromatic N) is 1. The van der Waals surface area contributed by atoms with Gasteiger partial charge in [0.05, 0.1) is 6.54 Å². The maximum Gasteiger partial charge on any atom is 0.230 e. The molecule has 2 amide bonds. The lowest BCUT2D eigenvalue weighted by Gasteiger charge is -2.30. The van der Waals surface area contributed by atoms with E-state index in [4.69, 9.17) is 0 Å². The predicted octanol–water partition coefficient (Wildman–Crippen LogP) is 3.26. The molecule has 0 radical (unpaired) electrons. The van der Waals surface area contributed by atoms with Crippen LogP contribution in [-0.2, 0) is 16.1 Å². The Morgan fingerprint density at radius 2 is 1.50 bits per heavy atom. The SMILES string of the molecule is O=C1CC(c2ccccc2)CC(=O)N1Cc1ccc(F)cc1. The van der Waals surface area contributed by atoms with Crippen molar-refractivity contribution in [3.63, 3.8) is 0 Å². The molecule has 1 heterocycles. The number of likely N-dealkylation sites (tertiary alicyclic amines) is 1. The van der Waals surface area contributed by atoms with Gasteiger partial charge >= 0.3 is 0 Å². The molecule has 0 bridgehead atoms. The van der Waals surface area contributed by atoms with E-state index >= 15 is 0 Å². The third-order valence-corrected chi connectivity index (χ3v) is 3.97. The standard InChI is InChI=1S/C18H16FNO2/c19-16-8-6-13(7-9-16)12-20-17(21)10-15(11-18(20)22)14-4-2-1-3-5-14/h1-9,15H,10-12H2. The zero-order valence-corrected chi connectivity index (χ0v) is 12.0. The highest BCUT2D eigenvalue weighted by atomic mass is 19.1. The van der Waals surface area contributed by atoms with Gasteiger partial charge in [-0.3, -0.25) is 14.5 Å². The Morgan fingerprint density at radius 3 is 2.09 bits per heavy atom. The van der Waals surface area contributed by atoms with E-state index in [1.165, 1.54) is 17.0 Å². The highest BCUT2D eigenvalue weighted by Crippen LogP contribution is 2.30. The Kier molecular flexibility index (Phi) is 4.00. The minimum absolute atomic E-state index is 0.0503. The highest BCUT2D eigenvalue weighted by Gasteiger charge is 2.33. The lowest BCUT2D eigenvalue weighted by molar-refractivity contribution is -0.149. The number of piperidine rings is 1. The summed E-state index contributed by atoms with van der Waals surface area (Å²) in [4.78, 5) is 25.9. The fourth-order valence-corrected chi connectivity index (χ4v) is 2.76. The minimum Gasteiger partial charge on any atom is -0.278 e. The van der Waals surface area contributed by atoms with Crippen LogP contribution in [0.1, 0.15) is 29.9 Å². The molecular formula is C18H16FNO2. The molecule has 1 aliphatic rings. The van der Waals surface area contributed by atoms with Crippen LogP contribution in [0, 0.1) is 5.82 Å². The normalized spacial score (nSPS) is 16.1. The number of imide groups is 1. The topological polar surface area (TPSA) is 37.4 Å². The second-order valence-electron chi connectivity index (χ2n) is 5.52. The van der Waals surface area contributed by atoms with Gasteiger partial charge < -0.3 is 0 Å². The molecule has 0 atom stereocenters. The Morgan fingerprint density at radius 1 is 0.909 bits per heavy atom. The van der Waals surface area contributed by atoms with Crippen LogP contribution in [0.4, 0.5) is 4.39 Å². The summed E-state index contributed by atoms with van der Waals surface area (Å²) >= 11 is 0. The van der Waals surface area contributed by atoms with Crippen LogP contribution in [0.15, 0.2) is 54.6 Å². The number of amides is 2. The van der Waals surface area contributed by atoms with E-state index in [0.29, 0.717) is 12.8 Å². The van der Waals surface area contributed by atoms with Gasteiger partial charge in [0.1, 0.15) is 5.82 Å². The van der Waals surface area contributed by atoms with Crippen molar-refractivity contribution in [3.8, 4) is 0 Å². The van der Waals surface area contributed by atoms with E-state index in [1.54, 1.807) is 12.1 Å². The average molecular weight is 297 g/mol. The molecule has 1 fully saturated rings. The van der Waals surface area contributed by atoms with Crippen molar-refractivity contribution < 1.29 is 14.0 Å². The summed E-state index contributed by atoms with van der Waals surface area (Å²) in [7, 11) is 0. The monoisotopic (exact) mass is 297 g/mol. The van der Waals surface area contributed by atoms with Gasteiger partial charge in [-0.2, -0.15) is 0 Å². The van der Waals surface area contributed by atoms with Crippen LogP contribution in [0.2, 0.25) is 0 Å². The van der Waals surface area contributed by atoms with Crippen molar-refractivity contribution in [1.82, 2.24) is 4.90 Å². The summed E-state index contributed by atoms with van der Waals surface area (Å²) < 4.78 is 12.9. The van der Waals surface area contributed by atoms with Gasteiger partial charge in [-0.15, -0.1) is 0 Å². The van der Waals surface area contributed by atoms with E-state index in [1.807, 2.05) is 30.3 Å². The smallest absolute Gasteiger partial charge is 0.230 e. The lowest BCUT2D eigenvalue weighted by Crippen LogP contribution is -2.42. The van der Waals surface area contributed by atoms with E-state index in [-0.39, 0.29) is 30.1 Å². The number of halogens is 1. The molecule has 1 aliphatic heterocycles. The van der Waals surface area contributed by atoms with Crippen LogP contribution in [0.25, 0.3) is 0 Å². The van der Waals surface area contributed by atoms with Crippen molar-refractivity contribution in [2.45, 2.75) is 25.3 Å². The van der Waals surface area contributed by atoms with Gasteiger partial charge in [0.15, 0.2) is 0 Å². The fraction of sp³-hybridized carbons (Fsp3) is 0.222. The number of carbonyl (C=O) groups excluding carboxylic acids is 2. The summed E-state index contributed by atoms with van der Waals surface area (Å²) in [5, 5.41) is 0. The van der Waals surface area contributed by atoms with Crippen molar-refractivity contribution in [3.05, 3.63) is 71.5 Å². The van der Waals surface area contributed by atoms with Crippen LogP contribution < -0.4 is 0 Å². The molecule has 0 saturated carbocycles. The van der Waals surface area contributed by atoms with Crippen LogP contribution in [0.3, 0.4) is 0 Å². The van der Waals surface area contributed by atoms with E-state index < -0.39 is 0 Å². The molecular weight excluding hydrogens is 281 g/mol. The first-order chi connectivity index (χ1) is 10.6. The summed E-state index contributed by atoms with van der Waals surface area (Å²) in [6.45, 7) is 0.208. The summed E-state index contributed by atoms with van der Waals surface area (Å²) in [5.41, 5.74) is 1.77. The Hall–Kier alpha value is -2.49. The van der Waals surface area contributed by atoms with E-state index in [2.05, 4.69) is 0 Å². The summed E-state index contributed by atoms with van der Waals surface area (Å²) in [6.07, 6.45) is 0.661. The van der Waals surface area contributed by atoms with Gasteiger partial charge in [-0.1, -0.05) is 42.5 Å². The number of hydrogen-bond acceptors (Lipinski definition) is 2. The third-order valence-electron chi connectivity index (χ3n) is 3.97. The van der Waals surface area contributed by atoms with Gasteiger partial charge in [0.2, 0.25) is 11.8 Å². The number of hydrogen-bond donors (Lipinski definition) is 0. The van der Waals surface area contributed by atoms with Gasteiger partial charge in [0, 0.05) is 18.8 Å².